The highest BCUT2D eigenvalue weighted by atomic mass is 32.1. The summed E-state index contributed by atoms with van der Waals surface area (Å²) in [6.45, 7) is 0. The smallest absolute Gasteiger partial charge is 0.125 e. The highest BCUT2D eigenvalue weighted by Gasteiger charge is 2.20. The maximum atomic E-state index is 5.95. The Morgan fingerprint density at radius 3 is 3.19 bits per heavy atom. The van der Waals surface area contributed by atoms with Gasteiger partial charge in [-0.25, -0.2) is 4.98 Å². The molecule has 0 spiro atoms. The Morgan fingerprint density at radius 1 is 1.44 bits per heavy atom. The van der Waals surface area contributed by atoms with Crippen LogP contribution in [0.2, 0.25) is 0 Å². The molecule has 1 atom stereocenters. The fraction of sp³-hybridized carbons (Fsp3) is 0.333. The van der Waals surface area contributed by atoms with Gasteiger partial charge in [0.1, 0.15) is 5.01 Å². The fourth-order valence-electron chi connectivity index (χ4n) is 2.02. The molecule has 1 unspecified atom stereocenters. The van der Waals surface area contributed by atoms with Gasteiger partial charge in [0.2, 0.25) is 0 Å². The minimum absolute atomic E-state index is 0.288. The van der Waals surface area contributed by atoms with Crippen LogP contribution >= 0.6 is 11.3 Å². The van der Waals surface area contributed by atoms with Gasteiger partial charge in [0.05, 0.1) is 5.69 Å². The van der Waals surface area contributed by atoms with E-state index in [0.717, 1.165) is 29.8 Å². The second kappa shape index (κ2) is 3.96. The summed E-state index contributed by atoms with van der Waals surface area (Å²) < 4.78 is 0. The van der Waals surface area contributed by atoms with E-state index >= 15 is 0 Å². The molecule has 2 N–H and O–H groups in total. The van der Waals surface area contributed by atoms with Gasteiger partial charge in [0, 0.05) is 35.3 Å². The summed E-state index contributed by atoms with van der Waals surface area (Å²) in [5.41, 5.74) is 8.25. The molecule has 0 fully saturated rings. The highest BCUT2D eigenvalue weighted by Crippen LogP contribution is 2.31. The number of fused-ring (bicyclic) bond motifs is 1. The third-order valence-corrected chi connectivity index (χ3v) is 4.09. The Balaban J connectivity index is 1.99. The molecule has 0 saturated heterocycles. The second-order valence-electron chi connectivity index (χ2n) is 4.13. The summed E-state index contributed by atoms with van der Waals surface area (Å²) >= 11 is 1.78. The van der Waals surface area contributed by atoms with Gasteiger partial charge in [-0.2, -0.15) is 0 Å². The van der Waals surface area contributed by atoms with Crippen molar-refractivity contribution in [3.8, 4) is 10.6 Å². The highest BCUT2D eigenvalue weighted by molar-refractivity contribution is 7.15. The first-order valence-corrected chi connectivity index (χ1v) is 6.29. The molecule has 0 amide bonds. The second-order valence-corrected chi connectivity index (χ2v) is 5.22. The van der Waals surface area contributed by atoms with Gasteiger partial charge in [-0.3, -0.25) is 4.98 Å². The molecule has 0 aliphatic heterocycles. The van der Waals surface area contributed by atoms with Gasteiger partial charge in [0.15, 0.2) is 0 Å². The topological polar surface area (TPSA) is 51.8 Å². The van der Waals surface area contributed by atoms with Crippen molar-refractivity contribution in [2.24, 2.45) is 5.73 Å². The van der Waals surface area contributed by atoms with Crippen molar-refractivity contribution in [3.05, 3.63) is 35.1 Å². The first-order chi connectivity index (χ1) is 7.83. The minimum Gasteiger partial charge on any atom is -0.327 e. The van der Waals surface area contributed by atoms with Crippen molar-refractivity contribution in [2.75, 3.05) is 0 Å². The fourth-order valence-corrected chi connectivity index (χ4v) is 3.11. The third kappa shape index (κ3) is 1.74. The van der Waals surface area contributed by atoms with Gasteiger partial charge in [-0.05, 0) is 25.0 Å². The van der Waals surface area contributed by atoms with Crippen LogP contribution in [0.3, 0.4) is 0 Å². The first kappa shape index (κ1) is 9.93. The largest absolute Gasteiger partial charge is 0.327 e. The lowest BCUT2D eigenvalue weighted by Gasteiger charge is -2.15. The zero-order chi connectivity index (χ0) is 11.0. The molecule has 82 valence electrons. The Bertz CT molecular complexity index is 492. The summed E-state index contributed by atoms with van der Waals surface area (Å²) in [7, 11) is 0. The van der Waals surface area contributed by atoms with Crippen LogP contribution in [0, 0.1) is 0 Å². The van der Waals surface area contributed by atoms with Crippen LogP contribution in [-0.2, 0) is 12.8 Å². The zero-order valence-electron chi connectivity index (χ0n) is 8.89. The minimum atomic E-state index is 0.288. The van der Waals surface area contributed by atoms with Crippen LogP contribution in [-0.4, -0.2) is 16.0 Å². The number of aromatic nitrogens is 2. The number of hydrogen-bond acceptors (Lipinski definition) is 4. The van der Waals surface area contributed by atoms with Crippen molar-refractivity contribution < 1.29 is 0 Å². The van der Waals surface area contributed by atoms with Crippen molar-refractivity contribution in [3.63, 3.8) is 0 Å². The van der Waals surface area contributed by atoms with E-state index in [1.165, 1.54) is 10.6 Å². The van der Waals surface area contributed by atoms with Crippen molar-refractivity contribution in [2.45, 2.75) is 25.3 Å². The molecule has 3 nitrogen and oxygen atoms in total. The van der Waals surface area contributed by atoms with Crippen LogP contribution in [0.25, 0.3) is 10.6 Å². The van der Waals surface area contributed by atoms with Crippen molar-refractivity contribution in [1.82, 2.24) is 9.97 Å². The maximum absolute atomic E-state index is 5.95. The van der Waals surface area contributed by atoms with E-state index < -0.39 is 0 Å². The number of rotatable bonds is 1. The van der Waals surface area contributed by atoms with Crippen molar-refractivity contribution >= 4 is 11.3 Å². The number of nitrogens with two attached hydrogens (primary N) is 1. The molecule has 0 bridgehead atoms. The molecule has 1 aliphatic rings. The zero-order valence-corrected chi connectivity index (χ0v) is 9.70. The molecule has 0 saturated carbocycles. The summed E-state index contributed by atoms with van der Waals surface area (Å²) in [5.74, 6) is 0. The van der Waals surface area contributed by atoms with E-state index in [2.05, 4.69) is 16.0 Å². The van der Waals surface area contributed by atoms with E-state index in [0.29, 0.717) is 0 Å². The molecular weight excluding hydrogens is 218 g/mol. The van der Waals surface area contributed by atoms with Gasteiger partial charge < -0.3 is 5.73 Å². The monoisotopic (exact) mass is 231 g/mol. The molecule has 3 rings (SSSR count). The molecule has 16 heavy (non-hydrogen) atoms. The number of pyridine rings is 1. The Morgan fingerprint density at radius 2 is 2.38 bits per heavy atom. The summed E-state index contributed by atoms with van der Waals surface area (Å²) in [6.07, 6.45) is 6.74. The molecule has 2 aromatic rings. The average Bonchev–Trinajstić information content (AvgIpc) is 2.73. The van der Waals surface area contributed by atoms with Gasteiger partial charge in [0.25, 0.3) is 0 Å². The van der Waals surface area contributed by atoms with E-state index in [4.69, 9.17) is 5.73 Å². The predicted molar refractivity (Wildman–Crippen MR) is 65.3 cm³/mol. The van der Waals surface area contributed by atoms with E-state index in [-0.39, 0.29) is 6.04 Å². The predicted octanol–water partition coefficient (Wildman–Crippen LogP) is 2.02. The Hall–Kier alpha value is -1.26. The SMILES string of the molecule is NC1CCc2sc(-c3cccnc3)nc2C1. The third-order valence-electron chi connectivity index (χ3n) is 2.88. The van der Waals surface area contributed by atoms with Gasteiger partial charge in [-0.1, -0.05) is 0 Å². The summed E-state index contributed by atoms with van der Waals surface area (Å²) in [5, 5.41) is 1.08. The lowest BCUT2D eigenvalue weighted by Crippen LogP contribution is -2.27. The van der Waals surface area contributed by atoms with Crippen LogP contribution in [0.1, 0.15) is 17.0 Å². The van der Waals surface area contributed by atoms with E-state index in [1.807, 2.05) is 12.3 Å². The Kier molecular flexibility index (Phi) is 2.46. The standard InChI is InChI=1S/C12H13N3S/c13-9-3-4-11-10(6-9)15-12(16-11)8-2-1-5-14-7-8/h1-2,5,7,9H,3-4,6,13H2. The van der Waals surface area contributed by atoms with Crippen LogP contribution < -0.4 is 5.73 Å². The number of nitrogens with zero attached hydrogens (tertiary/aromatic N) is 2. The normalized spacial score (nSPS) is 19.4. The molecule has 4 heteroatoms. The molecule has 0 radical (unpaired) electrons. The van der Waals surface area contributed by atoms with Crippen LogP contribution in [0.15, 0.2) is 24.5 Å². The molecule has 0 aromatic carbocycles. The van der Waals surface area contributed by atoms with E-state index in [1.54, 1.807) is 17.5 Å². The molecule has 1 aliphatic carbocycles. The van der Waals surface area contributed by atoms with Gasteiger partial charge >= 0.3 is 0 Å². The van der Waals surface area contributed by atoms with Gasteiger partial charge in [-0.15, -0.1) is 11.3 Å². The lowest BCUT2D eigenvalue weighted by atomic mass is 9.99. The molecule has 2 heterocycles. The molecule has 2 aromatic heterocycles. The summed E-state index contributed by atoms with van der Waals surface area (Å²) in [6, 6.07) is 4.29. The quantitative estimate of drug-likeness (QED) is 0.817. The number of aryl methyl sites for hydroxylation is 1. The number of thiazole rings is 1. The Labute approximate surface area is 98.4 Å². The molecular formula is C12H13N3S. The lowest BCUT2D eigenvalue weighted by molar-refractivity contribution is 0.574. The van der Waals surface area contributed by atoms with Crippen LogP contribution in [0.4, 0.5) is 0 Å². The average molecular weight is 231 g/mol. The number of hydrogen-bond donors (Lipinski definition) is 1. The maximum Gasteiger partial charge on any atom is 0.125 e. The first-order valence-electron chi connectivity index (χ1n) is 5.47. The van der Waals surface area contributed by atoms with E-state index in [9.17, 15) is 0 Å². The van der Waals surface area contributed by atoms with Crippen molar-refractivity contribution in [1.29, 1.82) is 0 Å². The summed E-state index contributed by atoms with van der Waals surface area (Å²) in [4.78, 5) is 10.2. The van der Waals surface area contributed by atoms with Crippen LogP contribution in [0.5, 0.6) is 0 Å².